The summed E-state index contributed by atoms with van der Waals surface area (Å²) < 4.78 is 18.4. The summed E-state index contributed by atoms with van der Waals surface area (Å²) >= 11 is 5.66. The van der Waals surface area contributed by atoms with E-state index in [1.807, 2.05) is 30.3 Å². The zero-order valence-electron chi connectivity index (χ0n) is 11.8. The zero-order valence-corrected chi connectivity index (χ0v) is 12.5. The molecule has 1 aromatic heterocycles. The van der Waals surface area contributed by atoms with Gasteiger partial charge in [0.15, 0.2) is 0 Å². The van der Waals surface area contributed by atoms with Crippen LogP contribution < -0.4 is 5.32 Å². The van der Waals surface area contributed by atoms with Gasteiger partial charge in [-0.2, -0.15) is 0 Å². The highest BCUT2D eigenvalue weighted by molar-refractivity contribution is 6.31. The number of nitrogens with zero attached hydrogens (tertiary/aromatic N) is 2. The topological polar surface area (TPSA) is 68.0 Å². The molecule has 0 fully saturated rings. The van der Waals surface area contributed by atoms with E-state index in [1.54, 1.807) is 0 Å². The molecule has 0 atom stereocenters. The molecule has 7 heteroatoms. The van der Waals surface area contributed by atoms with Gasteiger partial charge in [0, 0.05) is 5.69 Å². The summed E-state index contributed by atoms with van der Waals surface area (Å²) in [6.07, 6.45) is 0.434. The standard InChI is InChI=1S/C16H11ClFN3O2/c17-12-9-11(6-7-13(12)18)19-15(22)16-21-20-14(23-16)8-10-4-2-1-3-5-10/h1-7,9H,8H2,(H,19,22). The van der Waals surface area contributed by atoms with Crippen LogP contribution in [0.15, 0.2) is 52.9 Å². The molecule has 2 aromatic carbocycles. The monoisotopic (exact) mass is 331 g/mol. The van der Waals surface area contributed by atoms with E-state index in [0.29, 0.717) is 18.0 Å². The van der Waals surface area contributed by atoms with Crippen molar-refractivity contribution in [2.45, 2.75) is 6.42 Å². The molecular formula is C16H11ClFN3O2. The maximum absolute atomic E-state index is 13.1. The average molecular weight is 332 g/mol. The molecule has 1 N–H and O–H groups in total. The van der Waals surface area contributed by atoms with Crippen molar-refractivity contribution in [2.24, 2.45) is 0 Å². The van der Waals surface area contributed by atoms with Crippen molar-refractivity contribution in [2.75, 3.05) is 5.32 Å². The Morgan fingerprint density at radius 1 is 1.17 bits per heavy atom. The minimum absolute atomic E-state index is 0.0851. The maximum atomic E-state index is 13.1. The molecule has 0 radical (unpaired) electrons. The lowest BCUT2D eigenvalue weighted by atomic mass is 10.2. The lowest BCUT2D eigenvalue weighted by Crippen LogP contribution is -2.12. The third-order valence-corrected chi connectivity index (χ3v) is 3.33. The summed E-state index contributed by atoms with van der Waals surface area (Å²) in [6, 6.07) is 13.4. The highest BCUT2D eigenvalue weighted by Gasteiger charge is 2.15. The van der Waals surface area contributed by atoms with Crippen molar-refractivity contribution in [3.63, 3.8) is 0 Å². The number of benzene rings is 2. The summed E-state index contributed by atoms with van der Waals surface area (Å²) in [5.74, 6) is -0.984. The molecule has 3 rings (SSSR count). The van der Waals surface area contributed by atoms with Crippen molar-refractivity contribution in [1.82, 2.24) is 10.2 Å². The van der Waals surface area contributed by atoms with E-state index in [2.05, 4.69) is 15.5 Å². The average Bonchev–Trinajstić information content (AvgIpc) is 3.00. The minimum atomic E-state index is -0.584. The molecule has 3 aromatic rings. The highest BCUT2D eigenvalue weighted by atomic mass is 35.5. The predicted octanol–water partition coefficient (Wildman–Crippen LogP) is 3.71. The first-order valence-corrected chi connectivity index (χ1v) is 7.12. The van der Waals surface area contributed by atoms with Gasteiger partial charge in [0.05, 0.1) is 11.4 Å². The van der Waals surface area contributed by atoms with Crippen LogP contribution in [0.25, 0.3) is 0 Å². The molecule has 0 saturated heterocycles. The molecule has 0 saturated carbocycles. The largest absolute Gasteiger partial charge is 0.417 e. The molecule has 0 bridgehead atoms. The van der Waals surface area contributed by atoms with E-state index in [0.717, 1.165) is 11.6 Å². The summed E-state index contributed by atoms with van der Waals surface area (Å²) in [7, 11) is 0. The Kier molecular flexibility index (Phi) is 4.34. The van der Waals surface area contributed by atoms with Crippen LogP contribution in [0.3, 0.4) is 0 Å². The Bertz CT molecular complexity index is 836. The summed E-state index contributed by atoms with van der Waals surface area (Å²) in [4.78, 5) is 12.0. The SMILES string of the molecule is O=C(Nc1ccc(F)c(Cl)c1)c1nnc(Cc2ccccc2)o1. The fraction of sp³-hybridized carbons (Fsp3) is 0.0625. The lowest BCUT2D eigenvalue weighted by molar-refractivity contribution is 0.0988. The number of rotatable bonds is 4. The Labute approximate surface area is 136 Å². The van der Waals surface area contributed by atoms with Gasteiger partial charge in [0.1, 0.15) is 5.82 Å². The number of carbonyl (C=O) groups is 1. The number of amides is 1. The molecule has 23 heavy (non-hydrogen) atoms. The molecular weight excluding hydrogens is 321 g/mol. The van der Waals surface area contributed by atoms with Crippen LogP contribution in [0.2, 0.25) is 5.02 Å². The molecule has 5 nitrogen and oxygen atoms in total. The van der Waals surface area contributed by atoms with E-state index < -0.39 is 11.7 Å². The maximum Gasteiger partial charge on any atom is 0.313 e. The Morgan fingerprint density at radius 2 is 1.96 bits per heavy atom. The number of carbonyl (C=O) groups excluding carboxylic acids is 1. The molecule has 116 valence electrons. The van der Waals surface area contributed by atoms with Gasteiger partial charge in [-0.1, -0.05) is 41.9 Å². The Balaban J connectivity index is 1.69. The first kappa shape index (κ1) is 15.2. The van der Waals surface area contributed by atoms with Gasteiger partial charge in [0.25, 0.3) is 0 Å². The fourth-order valence-corrected chi connectivity index (χ4v) is 2.13. The van der Waals surface area contributed by atoms with Gasteiger partial charge >= 0.3 is 11.8 Å². The molecule has 0 unspecified atom stereocenters. The highest BCUT2D eigenvalue weighted by Crippen LogP contribution is 2.20. The van der Waals surface area contributed by atoms with Crippen molar-refractivity contribution in [3.8, 4) is 0 Å². The molecule has 0 aliphatic heterocycles. The van der Waals surface area contributed by atoms with E-state index in [1.165, 1.54) is 12.1 Å². The van der Waals surface area contributed by atoms with E-state index in [4.69, 9.17) is 16.0 Å². The minimum Gasteiger partial charge on any atom is -0.417 e. The normalized spacial score (nSPS) is 10.5. The zero-order chi connectivity index (χ0) is 16.2. The smallest absolute Gasteiger partial charge is 0.313 e. The van der Waals surface area contributed by atoms with E-state index in [-0.39, 0.29) is 10.9 Å². The fourth-order valence-electron chi connectivity index (χ4n) is 1.95. The lowest BCUT2D eigenvalue weighted by Gasteiger charge is -2.03. The number of halogens is 2. The number of hydrogen-bond donors (Lipinski definition) is 1. The van der Waals surface area contributed by atoms with Crippen molar-refractivity contribution in [1.29, 1.82) is 0 Å². The van der Waals surface area contributed by atoms with Crippen LogP contribution in [0.4, 0.5) is 10.1 Å². The van der Waals surface area contributed by atoms with Crippen molar-refractivity contribution in [3.05, 3.63) is 76.7 Å². The second-order valence-electron chi connectivity index (χ2n) is 4.75. The molecule has 0 spiro atoms. The number of hydrogen-bond acceptors (Lipinski definition) is 4. The summed E-state index contributed by atoms with van der Waals surface area (Å²) in [5.41, 5.74) is 1.33. The predicted molar refractivity (Wildman–Crippen MR) is 82.9 cm³/mol. The van der Waals surface area contributed by atoms with Gasteiger partial charge in [-0.25, -0.2) is 4.39 Å². The van der Waals surface area contributed by atoms with Crippen LogP contribution in [0, 0.1) is 5.82 Å². The first-order chi connectivity index (χ1) is 11.1. The third kappa shape index (κ3) is 3.73. The summed E-state index contributed by atoms with van der Waals surface area (Å²) in [6.45, 7) is 0. The van der Waals surface area contributed by atoms with Gasteiger partial charge < -0.3 is 9.73 Å². The molecule has 0 aliphatic rings. The van der Waals surface area contributed by atoms with Gasteiger partial charge in [0.2, 0.25) is 5.89 Å². The van der Waals surface area contributed by atoms with Gasteiger partial charge in [-0.15, -0.1) is 10.2 Å². The van der Waals surface area contributed by atoms with Crippen molar-refractivity contribution < 1.29 is 13.6 Å². The quantitative estimate of drug-likeness (QED) is 0.791. The van der Waals surface area contributed by atoms with Crippen LogP contribution in [-0.2, 0) is 6.42 Å². The van der Waals surface area contributed by atoms with E-state index in [9.17, 15) is 9.18 Å². The second kappa shape index (κ2) is 6.58. The van der Waals surface area contributed by atoms with Crippen LogP contribution in [0.1, 0.15) is 22.1 Å². The number of aromatic nitrogens is 2. The Morgan fingerprint density at radius 3 is 2.70 bits per heavy atom. The number of nitrogens with one attached hydrogen (secondary N) is 1. The molecule has 0 aliphatic carbocycles. The van der Waals surface area contributed by atoms with Crippen LogP contribution >= 0.6 is 11.6 Å². The first-order valence-electron chi connectivity index (χ1n) is 6.74. The van der Waals surface area contributed by atoms with Gasteiger partial charge in [-0.3, -0.25) is 4.79 Å². The molecule has 1 amide bonds. The summed E-state index contributed by atoms with van der Waals surface area (Å²) in [5, 5.41) is 9.99. The molecule has 1 heterocycles. The second-order valence-corrected chi connectivity index (χ2v) is 5.15. The van der Waals surface area contributed by atoms with Crippen LogP contribution in [-0.4, -0.2) is 16.1 Å². The number of anilines is 1. The third-order valence-electron chi connectivity index (χ3n) is 3.04. The van der Waals surface area contributed by atoms with Gasteiger partial charge in [-0.05, 0) is 23.8 Å². The van der Waals surface area contributed by atoms with Crippen LogP contribution in [0.5, 0.6) is 0 Å². The van der Waals surface area contributed by atoms with E-state index >= 15 is 0 Å². The Hall–Kier alpha value is -2.73. The van der Waals surface area contributed by atoms with Crippen molar-refractivity contribution >= 4 is 23.2 Å².